The summed E-state index contributed by atoms with van der Waals surface area (Å²) < 4.78 is 5.12. The third kappa shape index (κ3) is 3.92. The van der Waals surface area contributed by atoms with Crippen LogP contribution in [0.5, 0.6) is 5.75 Å². The number of halogens is 1. The Morgan fingerprint density at radius 2 is 2.29 bits per heavy atom. The van der Waals surface area contributed by atoms with Crippen LogP contribution in [0.25, 0.3) is 0 Å². The summed E-state index contributed by atoms with van der Waals surface area (Å²) in [5.41, 5.74) is -0.197. The molecule has 0 fully saturated rings. The predicted octanol–water partition coefficient (Wildman–Crippen LogP) is 1.76. The van der Waals surface area contributed by atoms with E-state index in [4.69, 9.17) is 16.3 Å². The fourth-order valence-corrected chi connectivity index (χ4v) is 1.36. The fraction of sp³-hybridized carbons (Fsp3) is 0.300. The zero-order chi connectivity index (χ0) is 12.8. The molecule has 0 radical (unpaired) electrons. The number of ether oxygens (including phenoxy) is 1. The van der Waals surface area contributed by atoms with Crippen LogP contribution in [0.1, 0.15) is 6.92 Å². The molecule has 17 heavy (non-hydrogen) atoms. The highest BCUT2D eigenvalue weighted by Crippen LogP contribution is 2.28. The highest BCUT2D eigenvalue weighted by Gasteiger charge is 2.12. The van der Waals surface area contributed by atoms with Crippen molar-refractivity contribution in [1.82, 2.24) is 5.32 Å². The van der Waals surface area contributed by atoms with Gasteiger partial charge in [0.05, 0.1) is 4.92 Å². The zero-order valence-electron chi connectivity index (χ0n) is 9.10. The Kier molecular flexibility index (Phi) is 4.71. The van der Waals surface area contributed by atoms with E-state index < -0.39 is 4.92 Å². The van der Waals surface area contributed by atoms with Crippen molar-refractivity contribution in [3.8, 4) is 5.75 Å². The van der Waals surface area contributed by atoms with Gasteiger partial charge in [0.15, 0.2) is 6.61 Å². The van der Waals surface area contributed by atoms with Crippen molar-refractivity contribution in [3.05, 3.63) is 33.3 Å². The highest BCUT2D eigenvalue weighted by molar-refractivity contribution is 6.32. The third-order valence-electron chi connectivity index (χ3n) is 1.86. The number of nitro groups is 1. The second kappa shape index (κ2) is 6.05. The maximum atomic E-state index is 11.1. The van der Waals surface area contributed by atoms with E-state index in [2.05, 4.69) is 5.32 Å². The van der Waals surface area contributed by atoms with Gasteiger partial charge >= 0.3 is 0 Å². The Morgan fingerprint density at radius 3 is 2.82 bits per heavy atom. The Morgan fingerprint density at radius 1 is 1.59 bits per heavy atom. The van der Waals surface area contributed by atoms with Gasteiger partial charge in [0, 0.05) is 18.7 Å². The van der Waals surface area contributed by atoms with Crippen molar-refractivity contribution >= 4 is 23.2 Å². The summed E-state index contributed by atoms with van der Waals surface area (Å²) in [6.45, 7) is 2.16. The van der Waals surface area contributed by atoms with Crippen LogP contribution in [0, 0.1) is 10.1 Å². The summed E-state index contributed by atoms with van der Waals surface area (Å²) in [5.74, 6) is 0.0498. The number of likely N-dealkylation sites (N-methyl/N-ethyl adjacent to an activating group) is 1. The highest BCUT2D eigenvalue weighted by atomic mass is 35.5. The number of rotatable bonds is 5. The SMILES string of the molecule is CCNC(=O)COc1ccc([N+](=O)[O-])c(Cl)c1. The number of nitrogens with one attached hydrogen (secondary N) is 1. The lowest BCUT2D eigenvalue weighted by Gasteiger charge is -2.06. The molecule has 92 valence electrons. The number of nitrogens with zero attached hydrogens (tertiary/aromatic N) is 1. The van der Waals surface area contributed by atoms with Gasteiger partial charge in [0.25, 0.3) is 11.6 Å². The summed E-state index contributed by atoms with van der Waals surface area (Å²) in [6.07, 6.45) is 0. The number of carbonyl (C=O) groups excluding carboxylic acids is 1. The van der Waals surface area contributed by atoms with Gasteiger partial charge in [-0.15, -0.1) is 0 Å². The molecule has 1 rings (SSSR count). The molecule has 0 aromatic heterocycles. The molecule has 0 aliphatic rings. The minimum absolute atomic E-state index is 0.0246. The van der Waals surface area contributed by atoms with Crippen molar-refractivity contribution in [2.75, 3.05) is 13.2 Å². The second-order valence-corrected chi connectivity index (χ2v) is 3.52. The van der Waals surface area contributed by atoms with Gasteiger partial charge in [-0.25, -0.2) is 0 Å². The van der Waals surface area contributed by atoms with E-state index in [1.54, 1.807) is 6.92 Å². The molecule has 1 aromatic carbocycles. The minimum atomic E-state index is -0.587. The van der Waals surface area contributed by atoms with Crippen LogP contribution in [0.4, 0.5) is 5.69 Å². The molecule has 0 atom stereocenters. The molecular formula is C10H11ClN2O4. The summed E-state index contributed by atoms with van der Waals surface area (Å²) in [6, 6.07) is 3.93. The summed E-state index contributed by atoms with van der Waals surface area (Å²) in [5, 5.41) is 13.0. The number of nitro benzene ring substituents is 1. The number of hydrogen-bond acceptors (Lipinski definition) is 4. The van der Waals surface area contributed by atoms with Crippen LogP contribution in [-0.2, 0) is 4.79 Å². The number of hydrogen-bond donors (Lipinski definition) is 1. The predicted molar refractivity (Wildman–Crippen MR) is 62.3 cm³/mol. The normalized spacial score (nSPS) is 9.76. The molecule has 0 heterocycles. The topological polar surface area (TPSA) is 81.5 Å². The molecule has 0 saturated heterocycles. The van der Waals surface area contributed by atoms with E-state index in [-0.39, 0.29) is 23.2 Å². The van der Waals surface area contributed by atoms with Crippen LogP contribution >= 0.6 is 11.6 Å². The first-order valence-corrected chi connectivity index (χ1v) is 5.25. The second-order valence-electron chi connectivity index (χ2n) is 3.11. The van der Waals surface area contributed by atoms with E-state index in [1.807, 2.05) is 0 Å². The lowest BCUT2D eigenvalue weighted by atomic mass is 10.3. The van der Waals surface area contributed by atoms with Crippen molar-refractivity contribution in [3.63, 3.8) is 0 Å². The van der Waals surface area contributed by atoms with E-state index in [1.165, 1.54) is 18.2 Å². The lowest BCUT2D eigenvalue weighted by Crippen LogP contribution is -2.28. The van der Waals surface area contributed by atoms with Crippen LogP contribution in [0.3, 0.4) is 0 Å². The summed E-state index contributed by atoms with van der Waals surface area (Å²) >= 11 is 5.68. The van der Waals surface area contributed by atoms with Gasteiger partial charge < -0.3 is 10.1 Å². The smallest absolute Gasteiger partial charge is 0.288 e. The Bertz CT molecular complexity index is 436. The van der Waals surface area contributed by atoms with Gasteiger partial charge in [-0.05, 0) is 13.0 Å². The molecule has 7 heteroatoms. The molecule has 1 N–H and O–H groups in total. The van der Waals surface area contributed by atoms with Crippen molar-refractivity contribution in [1.29, 1.82) is 0 Å². The Labute approximate surface area is 103 Å². The van der Waals surface area contributed by atoms with Gasteiger partial charge in [-0.3, -0.25) is 14.9 Å². The largest absolute Gasteiger partial charge is 0.484 e. The summed E-state index contributed by atoms with van der Waals surface area (Å²) in [4.78, 5) is 21.0. The van der Waals surface area contributed by atoms with Crippen LogP contribution < -0.4 is 10.1 Å². The molecule has 6 nitrogen and oxygen atoms in total. The van der Waals surface area contributed by atoms with Gasteiger partial charge in [-0.1, -0.05) is 11.6 Å². The van der Waals surface area contributed by atoms with E-state index in [0.717, 1.165) is 0 Å². The third-order valence-corrected chi connectivity index (χ3v) is 2.16. The van der Waals surface area contributed by atoms with Crippen molar-refractivity contribution in [2.45, 2.75) is 6.92 Å². The van der Waals surface area contributed by atoms with Crippen LogP contribution in [-0.4, -0.2) is 24.0 Å². The Balaban J connectivity index is 2.65. The molecule has 0 spiro atoms. The van der Waals surface area contributed by atoms with Gasteiger partial charge in [0.2, 0.25) is 0 Å². The summed E-state index contributed by atoms with van der Waals surface area (Å²) in [7, 11) is 0. The zero-order valence-corrected chi connectivity index (χ0v) is 9.86. The Hall–Kier alpha value is -1.82. The number of carbonyl (C=O) groups is 1. The lowest BCUT2D eigenvalue weighted by molar-refractivity contribution is -0.384. The molecule has 1 aromatic rings. The first-order valence-electron chi connectivity index (χ1n) is 4.88. The number of amides is 1. The molecule has 1 amide bonds. The molecular weight excluding hydrogens is 248 g/mol. The number of benzene rings is 1. The first-order chi connectivity index (χ1) is 8.04. The fourth-order valence-electron chi connectivity index (χ4n) is 1.12. The van der Waals surface area contributed by atoms with Crippen LogP contribution in [0.15, 0.2) is 18.2 Å². The molecule has 0 aliphatic heterocycles. The standard InChI is InChI=1S/C10H11ClN2O4/c1-2-12-10(14)6-17-7-3-4-9(13(15)16)8(11)5-7/h3-5H,2,6H2,1H3,(H,12,14). The molecule has 0 unspecified atom stereocenters. The van der Waals surface area contributed by atoms with E-state index in [9.17, 15) is 14.9 Å². The quantitative estimate of drug-likeness (QED) is 0.644. The van der Waals surface area contributed by atoms with Crippen molar-refractivity contribution in [2.24, 2.45) is 0 Å². The van der Waals surface area contributed by atoms with E-state index >= 15 is 0 Å². The average Bonchev–Trinajstić information content (AvgIpc) is 2.26. The van der Waals surface area contributed by atoms with E-state index in [0.29, 0.717) is 12.3 Å². The van der Waals surface area contributed by atoms with Crippen molar-refractivity contribution < 1.29 is 14.5 Å². The maximum Gasteiger partial charge on any atom is 0.288 e. The molecule has 0 bridgehead atoms. The average molecular weight is 259 g/mol. The molecule has 0 saturated carbocycles. The first kappa shape index (κ1) is 13.2. The van der Waals surface area contributed by atoms with Gasteiger partial charge in [-0.2, -0.15) is 0 Å². The molecule has 0 aliphatic carbocycles. The monoisotopic (exact) mass is 258 g/mol. The maximum absolute atomic E-state index is 11.1. The van der Waals surface area contributed by atoms with Crippen LogP contribution in [0.2, 0.25) is 5.02 Å². The minimum Gasteiger partial charge on any atom is -0.484 e. The van der Waals surface area contributed by atoms with Gasteiger partial charge in [0.1, 0.15) is 10.8 Å².